The second kappa shape index (κ2) is 4.51. The number of rotatable bonds is 3. The second-order valence-electron chi connectivity index (χ2n) is 2.56. The van der Waals surface area contributed by atoms with E-state index in [1.807, 2.05) is 24.3 Å². The normalized spacial score (nSPS) is 10.8. The van der Waals surface area contributed by atoms with E-state index >= 15 is 0 Å². The van der Waals surface area contributed by atoms with Gasteiger partial charge in [0.2, 0.25) is 0 Å². The Balaban J connectivity index is 2.71. The molecular formula is C9H13N3. The van der Waals surface area contributed by atoms with Gasteiger partial charge < -0.3 is 11.6 Å². The quantitative estimate of drug-likeness (QED) is 0.387. The monoisotopic (exact) mass is 163 g/mol. The maximum absolute atomic E-state index is 5.41. The van der Waals surface area contributed by atoms with Crippen LogP contribution in [0.1, 0.15) is 11.1 Å². The van der Waals surface area contributed by atoms with Gasteiger partial charge in [0.25, 0.3) is 0 Å². The molecule has 4 N–H and O–H groups in total. The minimum Gasteiger partial charge on any atom is -0.330 e. The molecule has 3 nitrogen and oxygen atoms in total. The van der Waals surface area contributed by atoms with E-state index in [-0.39, 0.29) is 0 Å². The van der Waals surface area contributed by atoms with Gasteiger partial charge in [0, 0.05) is 0 Å². The maximum atomic E-state index is 5.41. The Morgan fingerprint density at radius 2 is 1.92 bits per heavy atom. The van der Waals surface area contributed by atoms with Gasteiger partial charge >= 0.3 is 0 Å². The highest BCUT2D eigenvalue weighted by atomic mass is 15.1. The average molecular weight is 163 g/mol. The third-order valence-corrected chi connectivity index (χ3v) is 1.64. The van der Waals surface area contributed by atoms with Gasteiger partial charge in [0.15, 0.2) is 0 Å². The first kappa shape index (κ1) is 8.74. The van der Waals surface area contributed by atoms with Crippen molar-refractivity contribution in [2.24, 2.45) is 16.7 Å². The zero-order chi connectivity index (χ0) is 8.81. The SMILES string of the molecule is NCCc1ccc(C=NN)cc1. The second-order valence-corrected chi connectivity index (χ2v) is 2.56. The van der Waals surface area contributed by atoms with Crippen LogP contribution in [-0.2, 0) is 6.42 Å². The van der Waals surface area contributed by atoms with E-state index in [0.29, 0.717) is 6.54 Å². The molecule has 0 saturated carbocycles. The molecule has 0 radical (unpaired) electrons. The molecule has 0 bridgehead atoms. The van der Waals surface area contributed by atoms with Crippen LogP contribution in [0.4, 0.5) is 0 Å². The lowest BCUT2D eigenvalue weighted by Crippen LogP contribution is -2.02. The molecule has 64 valence electrons. The van der Waals surface area contributed by atoms with Gasteiger partial charge in [-0.15, -0.1) is 0 Å². The summed E-state index contributed by atoms with van der Waals surface area (Å²) in [5.74, 6) is 5.01. The average Bonchev–Trinajstić information content (AvgIpc) is 2.09. The summed E-state index contributed by atoms with van der Waals surface area (Å²) >= 11 is 0. The lowest BCUT2D eigenvalue weighted by atomic mass is 10.1. The van der Waals surface area contributed by atoms with Gasteiger partial charge in [-0.1, -0.05) is 24.3 Å². The summed E-state index contributed by atoms with van der Waals surface area (Å²) < 4.78 is 0. The van der Waals surface area contributed by atoms with Crippen LogP contribution in [0.25, 0.3) is 0 Å². The van der Waals surface area contributed by atoms with Gasteiger partial charge in [0.05, 0.1) is 6.21 Å². The Morgan fingerprint density at radius 1 is 1.25 bits per heavy atom. The summed E-state index contributed by atoms with van der Waals surface area (Å²) in [6.07, 6.45) is 2.53. The zero-order valence-electron chi connectivity index (χ0n) is 6.90. The predicted octanol–water partition coefficient (Wildman–Crippen LogP) is 0.480. The van der Waals surface area contributed by atoms with E-state index in [2.05, 4.69) is 5.10 Å². The van der Waals surface area contributed by atoms with Crippen molar-refractivity contribution in [3.63, 3.8) is 0 Å². The molecular weight excluding hydrogens is 150 g/mol. The van der Waals surface area contributed by atoms with E-state index in [4.69, 9.17) is 11.6 Å². The molecule has 1 aromatic carbocycles. The first-order chi connectivity index (χ1) is 5.86. The molecule has 0 aliphatic rings. The molecule has 0 aromatic heterocycles. The lowest BCUT2D eigenvalue weighted by molar-refractivity contribution is 0.969. The minimum absolute atomic E-state index is 0.685. The lowest BCUT2D eigenvalue weighted by Gasteiger charge is -1.97. The molecule has 1 rings (SSSR count). The van der Waals surface area contributed by atoms with Crippen LogP contribution in [0.3, 0.4) is 0 Å². The van der Waals surface area contributed by atoms with Gasteiger partial charge in [-0.05, 0) is 24.1 Å². The van der Waals surface area contributed by atoms with Gasteiger partial charge in [-0.3, -0.25) is 0 Å². The van der Waals surface area contributed by atoms with Crippen LogP contribution in [-0.4, -0.2) is 12.8 Å². The van der Waals surface area contributed by atoms with Gasteiger partial charge in [-0.2, -0.15) is 5.10 Å². The molecule has 0 unspecified atom stereocenters. The van der Waals surface area contributed by atoms with E-state index in [9.17, 15) is 0 Å². The first-order valence-corrected chi connectivity index (χ1v) is 3.89. The Kier molecular flexibility index (Phi) is 3.29. The summed E-state index contributed by atoms with van der Waals surface area (Å²) in [5.41, 5.74) is 7.67. The summed E-state index contributed by atoms with van der Waals surface area (Å²) in [4.78, 5) is 0. The number of nitrogens with zero attached hydrogens (tertiary/aromatic N) is 1. The molecule has 3 heteroatoms. The van der Waals surface area contributed by atoms with Gasteiger partial charge in [-0.25, -0.2) is 0 Å². The van der Waals surface area contributed by atoms with Crippen LogP contribution < -0.4 is 11.6 Å². The fourth-order valence-electron chi connectivity index (χ4n) is 1.02. The van der Waals surface area contributed by atoms with Crippen LogP contribution in [0.2, 0.25) is 0 Å². The van der Waals surface area contributed by atoms with Crippen molar-refractivity contribution in [2.45, 2.75) is 6.42 Å². The van der Waals surface area contributed by atoms with Crippen molar-refractivity contribution in [2.75, 3.05) is 6.54 Å². The highest BCUT2D eigenvalue weighted by Crippen LogP contribution is 2.02. The van der Waals surface area contributed by atoms with Crippen molar-refractivity contribution in [1.29, 1.82) is 0 Å². The van der Waals surface area contributed by atoms with E-state index in [1.165, 1.54) is 5.56 Å². The van der Waals surface area contributed by atoms with Crippen molar-refractivity contribution in [3.8, 4) is 0 Å². The number of hydrazone groups is 1. The molecule has 0 amide bonds. The summed E-state index contributed by atoms with van der Waals surface area (Å²) in [6.45, 7) is 0.685. The van der Waals surface area contributed by atoms with Crippen molar-refractivity contribution in [3.05, 3.63) is 35.4 Å². The third-order valence-electron chi connectivity index (χ3n) is 1.64. The van der Waals surface area contributed by atoms with Crippen LogP contribution in [0.5, 0.6) is 0 Å². The Bertz CT molecular complexity index is 251. The molecule has 0 aliphatic carbocycles. The molecule has 0 atom stereocenters. The summed E-state index contributed by atoms with van der Waals surface area (Å²) in [5, 5.41) is 3.43. The van der Waals surface area contributed by atoms with Crippen LogP contribution in [0, 0.1) is 0 Å². The number of nitrogens with two attached hydrogens (primary N) is 2. The number of benzene rings is 1. The van der Waals surface area contributed by atoms with Crippen molar-refractivity contribution < 1.29 is 0 Å². The molecule has 1 aromatic rings. The fourth-order valence-corrected chi connectivity index (χ4v) is 1.02. The third kappa shape index (κ3) is 2.36. The van der Waals surface area contributed by atoms with Crippen molar-refractivity contribution >= 4 is 6.21 Å². The molecule has 0 saturated heterocycles. The number of hydrogen-bond acceptors (Lipinski definition) is 3. The largest absolute Gasteiger partial charge is 0.330 e. The van der Waals surface area contributed by atoms with Crippen molar-refractivity contribution in [1.82, 2.24) is 0 Å². The zero-order valence-corrected chi connectivity index (χ0v) is 6.90. The van der Waals surface area contributed by atoms with Crippen LogP contribution >= 0.6 is 0 Å². The Hall–Kier alpha value is -1.35. The summed E-state index contributed by atoms with van der Waals surface area (Å²) in [7, 11) is 0. The topological polar surface area (TPSA) is 64.4 Å². The highest BCUT2D eigenvalue weighted by Gasteiger charge is 1.90. The van der Waals surface area contributed by atoms with E-state index in [0.717, 1.165) is 12.0 Å². The first-order valence-electron chi connectivity index (χ1n) is 3.89. The molecule has 0 spiro atoms. The standard InChI is InChI=1S/C9H13N3/c10-6-5-8-1-3-9(4-2-8)7-12-11/h1-4,7H,5-6,10-11H2. The Labute approximate surface area is 72.1 Å². The molecule has 0 heterocycles. The maximum Gasteiger partial charge on any atom is 0.0538 e. The fraction of sp³-hybridized carbons (Fsp3) is 0.222. The summed E-state index contributed by atoms with van der Waals surface area (Å²) in [6, 6.07) is 8.01. The van der Waals surface area contributed by atoms with Gasteiger partial charge in [0.1, 0.15) is 0 Å². The highest BCUT2D eigenvalue weighted by molar-refractivity contribution is 5.79. The predicted molar refractivity (Wildman–Crippen MR) is 51.0 cm³/mol. The van der Waals surface area contributed by atoms with E-state index < -0.39 is 0 Å². The molecule has 0 aliphatic heterocycles. The molecule has 0 fully saturated rings. The smallest absolute Gasteiger partial charge is 0.0538 e. The molecule has 12 heavy (non-hydrogen) atoms. The Morgan fingerprint density at radius 3 is 2.42 bits per heavy atom. The minimum atomic E-state index is 0.685. The van der Waals surface area contributed by atoms with E-state index in [1.54, 1.807) is 6.21 Å². The number of hydrogen-bond donors (Lipinski definition) is 2. The van der Waals surface area contributed by atoms with Crippen LogP contribution in [0.15, 0.2) is 29.4 Å².